The average Bonchev–Trinajstić information content (AvgIpc) is 3.33. The van der Waals surface area contributed by atoms with Crippen molar-refractivity contribution in [1.29, 1.82) is 0 Å². The van der Waals surface area contributed by atoms with E-state index in [-0.39, 0.29) is 12.4 Å². The molecule has 130 valence electrons. The van der Waals surface area contributed by atoms with Crippen molar-refractivity contribution < 1.29 is 13.5 Å². The summed E-state index contributed by atoms with van der Waals surface area (Å²) in [6.07, 6.45) is 4.99. The number of nitrogens with zero attached hydrogens (tertiary/aromatic N) is 5. The van der Waals surface area contributed by atoms with Crippen LogP contribution in [0, 0.1) is 5.82 Å². The molecule has 8 nitrogen and oxygen atoms in total. The fourth-order valence-electron chi connectivity index (χ4n) is 2.83. The number of rotatable bonds is 5. The molecule has 0 radical (unpaired) electrons. The SMILES string of the molecule is Fc1cc(-n2cnnn2)ccc1OCc1coc(C2CCNCC2)n1. The minimum atomic E-state index is -0.491. The first kappa shape index (κ1) is 15.7. The predicted molar refractivity (Wildman–Crippen MR) is 84.8 cm³/mol. The summed E-state index contributed by atoms with van der Waals surface area (Å²) in [5.41, 5.74) is 1.17. The summed E-state index contributed by atoms with van der Waals surface area (Å²) in [4.78, 5) is 4.46. The van der Waals surface area contributed by atoms with Crippen molar-refractivity contribution in [3.05, 3.63) is 48.2 Å². The zero-order valence-electron chi connectivity index (χ0n) is 13.4. The van der Waals surface area contributed by atoms with Gasteiger partial charge in [0, 0.05) is 12.0 Å². The number of hydrogen-bond acceptors (Lipinski definition) is 7. The molecular weight excluding hydrogens is 327 g/mol. The summed E-state index contributed by atoms with van der Waals surface area (Å²) in [6.45, 7) is 2.09. The van der Waals surface area contributed by atoms with Gasteiger partial charge in [-0.25, -0.2) is 14.1 Å². The van der Waals surface area contributed by atoms with E-state index in [2.05, 4.69) is 25.8 Å². The molecule has 3 heterocycles. The lowest BCUT2D eigenvalue weighted by Crippen LogP contribution is -2.26. The summed E-state index contributed by atoms with van der Waals surface area (Å²) < 4.78 is 26.6. The summed E-state index contributed by atoms with van der Waals surface area (Å²) in [5, 5.41) is 14.1. The molecule has 0 atom stereocenters. The van der Waals surface area contributed by atoms with E-state index in [0.29, 0.717) is 17.3 Å². The molecule has 25 heavy (non-hydrogen) atoms. The number of oxazole rings is 1. The van der Waals surface area contributed by atoms with Crippen molar-refractivity contribution in [2.24, 2.45) is 0 Å². The topological polar surface area (TPSA) is 90.9 Å². The number of ether oxygens (including phenoxy) is 1. The van der Waals surface area contributed by atoms with Gasteiger partial charge in [0.15, 0.2) is 17.5 Å². The van der Waals surface area contributed by atoms with Crippen molar-refractivity contribution in [2.75, 3.05) is 13.1 Å². The van der Waals surface area contributed by atoms with E-state index < -0.39 is 5.82 Å². The zero-order valence-corrected chi connectivity index (χ0v) is 13.4. The Labute approximate surface area is 143 Å². The van der Waals surface area contributed by atoms with Crippen LogP contribution in [0.1, 0.15) is 30.3 Å². The number of nitrogens with one attached hydrogen (secondary N) is 1. The maximum Gasteiger partial charge on any atom is 0.197 e. The van der Waals surface area contributed by atoms with E-state index in [9.17, 15) is 4.39 Å². The zero-order chi connectivity index (χ0) is 17.1. The molecule has 0 unspecified atom stereocenters. The molecule has 2 aromatic heterocycles. The second-order valence-electron chi connectivity index (χ2n) is 5.86. The molecule has 0 amide bonds. The van der Waals surface area contributed by atoms with Gasteiger partial charge in [-0.3, -0.25) is 0 Å². The van der Waals surface area contributed by atoms with Crippen molar-refractivity contribution in [1.82, 2.24) is 30.5 Å². The number of benzene rings is 1. The number of piperidine rings is 1. The summed E-state index contributed by atoms with van der Waals surface area (Å²) in [5.74, 6) is 0.718. The number of tetrazole rings is 1. The van der Waals surface area contributed by atoms with Gasteiger partial charge in [0.25, 0.3) is 0 Å². The Morgan fingerprint density at radius 1 is 1.32 bits per heavy atom. The van der Waals surface area contributed by atoms with Crippen molar-refractivity contribution in [3.63, 3.8) is 0 Å². The molecule has 1 fully saturated rings. The van der Waals surface area contributed by atoms with E-state index in [1.807, 2.05) is 0 Å². The fraction of sp³-hybridized carbons (Fsp3) is 0.375. The van der Waals surface area contributed by atoms with Crippen LogP contribution in [0.3, 0.4) is 0 Å². The van der Waals surface area contributed by atoms with Crippen molar-refractivity contribution >= 4 is 0 Å². The van der Waals surface area contributed by atoms with E-state index in [0.717, 1.165) is 31.8 Å². The molecule has 1 saturated heterocycles. The Bertz CT molecular complexity index is 829. The first-order chi connectivity index (χ1) is 12.3. The van der Waals surface area contributed by atoms with Gasteiger partial charge in [-0.05, 0) is 48.5 Å². The Morgan fingerprint density at radius 3 is 2.96 bits per heavy atom. The summed E-state index contributed by atoms with van der Waals surface area (Å²) in [7, 11) is 0. The summed E-state index contributed by atoms with van der Waals surface area (Å²) >= 11 is 0. The van der Waals surface area contributed by atoms with Gasteiger partial charge < -0.3 is 14.5 Å². The molecule has 4 rings (SSSR count). The van der Waals surface area contributed by atoms with Gasteiger partial charge in [0.2, 0.25) is 0 Å². The molecule has 1 aliphatic rings. The first-order valence-electron chi connectivity index (χ1n) is 8.10. The lowest BCUT2D eigenvalue weighted by atomic mass is 9.98. The highest BCUT2D eigenvalue weighted by Gasteiger charge is 2.20. The van der Waals surface area contributed by atoms with E-state index >= 15 is 0 Å². The quantitative estimate of drug-likeness (QED) is 0.755. The van der Waals surface area contributed by atoms with Crippen molar-refractivity contribution in [2.45, 2.75) is 25.4 Å². The standard InChI is InChI=1S/C16H17FN6O2/c17-14-7-13(23-10-19-21-22-23)1-2-15(14)24-8-12-9-25-16(20-12)11-3-5-18-6-4-11/h1-2,7,9-11,18H,3-6,8H2. The molecule has 1 aromatic carbocycles. The van der Waals surface area contributed by atoms with Crippen LogP contribution in [0.15, 0.2) is 35.2 Å². The van der Waals surface area contributed by atoms with Crippen LogP contribution in [0.4, 0.5) is 4.39 Å². The third-order valence-electron chi connectivity index (χ3n) is 4.16. The highest BCUT2D eigenvalue weighted by atomic mass is 19.1. The van der Waals surface area contributed by atoms with Crippen LogP contribution in [0.25, 0.3) is 5.69 Å². The molecule has 0 bridgehead atoms. The van der Waals surface area contributed by atoms with Gasteiger partial charge in [0.1, 0.15) is 24.9 Å². The molecule has 0 spiro atoms. The largest absolute Gasteiger partial charge is 0.484 e. The van der Waals surface area contributed by atoms with Crippen molar-refractivity contribution in [3.8, 4) is 11.4 Å². The average molecular weight is 344 g/mol. The second kappa shape index (κ2) is 6.98. The smallest absolute Gasteiger partial charge is 0.197 e. The van der Waals surface area contributed by atoms with E-state index in [4.69, 9.17) is 9.15 Å². The Morgan fingerprint density at radius 2 is 2.20 bits per heavy atom. The lowest BCUT2D eigenvalue weighted by Gasteiger charge is -2.19. The lowest BCUT2D eigenvalue weighted by molar-refractivity contribution is 0.285. The molecule has 9 heteroatoms. The minimum Gasteiger partial charge on any atom is -0.484 e. The van der Waals surface area contributed by atoms with E-state index in [1.165, 1.54) is 17.1 Å². The molecule has 0 saturated carbocycles. The Kier molecular flexibility index (Phi) is 4.38. The normalized spacial score (nSPS) is 15.4. The molecule has 1 aliphatic heterocycles. The van der Waals surface area contributed by atoms with Gasteiger partial charge in [0.05, 0.1) is 5.69 Å². The molecule has 1 N–H and O–H groups in total. The first-order valence-corrected chi connectivity index (χ1v) is 8.10. The van der Waals surface area contributed by atoms with Crippen LogP contribution in [-0.4, -0.2) is 38.3 Å². The molecular formula is C16H17FN6O2. The Hall–Kier alpha value is -2.81. The van der Waals surface area contributed by atoms with Crippen LogP contribution in [0.5, 0.6) is 5.75 Å². The van der Waals surface area contributed by atoms with Gasteiger partial charge in [-0.1, -0.05) is 0 Å². The molecule has 0 aliphatic carbocycles. The van der Waals surface area contributed by atoms with Gasteiger partial charge >= 0.3 is 0 Å². The van der Waals surface area contributed by atoms with Crippen LogP contribution < -0.4 is 10.1 Å². The monoisotopic (exact) mass is 344 g/mol. The number of halogens is 1. The minimum absolute atomic E-state index is 0.142. The highest BCUT2D eigenvalue weighted by molar-refractivity contribution is 5.37. The van der Waals surface area contributed by atoms with Crippen LogP contribution in [0.2, 0.25) is 0 Å². The summed E-state index contributed by atoms with van der Waals surface area (Å²) in [6, 6.07) is 4.53. The number of aromatic nitrogens is 5. The van der Waals surface area contributed by atoms with E-state index in [1.54, 1.807) is 18.4 Å². The predicted octanol–water partition coefficient (Wildman–Crippen LogP) is 1.84. The number of hydrogen-bond donors (Lipinski definition) is 1. The maximum absolute atomic E-state index is 14.2. The maximum atomic E-state index is 14.2. The van der Waals surface area contributed by atoms with Crippen LogP contribution in [-0.2, 0) is 6.61 Å². The van der Waals surface area contributed by atoms with Crippen LogP contribution >= 0.6 is 0 Å². The van der Waals surface area contributed by atoms with Gasteiger partial charge in [-0.2, -0.15) is 0 Å². The fourth-order valence-corrected chi connectivity index (χ4v) is 2.83. The third kappa shape index (κ3) is 3.50. The molecule has 3 aromatic rings. The highest BCUT2D eigenvalue weighted by Crippen LogP contribution is 2.25. The van der Waals surface area contributed by atoms with Gasteiger partial charge in [-0.15, -0.1) is 5.10 Å². The Balaban J connectivity index is 1.40. The second-order valence-corrected chi connectivity index (χ2v) is 5.86. The third-order valence-corrected chi connectivity index (χ3v) is 4.16.